The van der Waals surface area contributed by atoms with Crippen LogP contribution in [0.2, 0.25) is 0 Å². The normalized spacial score (nSPS) is 15.2. The van der Waals surface area contributed by atoms with Gasteiger partial charge in [-0.15, -0.1) is 0 Å². The minimum atomic E-state index is -0.631. The predicted octanol–water partition coefficient (Wildman–Crippen LogP) is 9.44. The highest BCUT2D eigenvalue weighted by Crippen LogP contribution is 2.54. The van der Waals surface area contributed by atoms with E-state index in [1.165, 1.54) is 33.0 Å². The van der Waals surface area contributed by atoms with Gasteiger partial charge in [-0.1, -0.05) is 104 Å². The number of hydrogen-bond donors (Lipinski definition) is 0. The lowest BCUT2D eigenvalue weighted by molar-refractivity contribution is -0.140. The molecule has 1 unspecified atom stereocenters. The summed E-state index contributed by atoms with van der Waals surface area (Å²) >= 11 is 0. The molecule has 0 aromatic heterocycles. The van der Waals surface area contributed by atoms with E-state index in [1.807, 2.05) is 12.1 Å². The Labute approximate surface area is 263 Å². The Bertz CT molecular complexity index is 2040. The Morgan fingerprint density at radius 3 is 1.93 bits per heavy atom. The second-order valence-corrected chi connectivity index (χ2v) is 12.2. The number of esters is 2. The molecule has 4 heteroatoms. The van der Waals surface area contributed by atoms with Crippen molar-refractivity contribution in [3.63, 3.8) is 0 Å². The SMILES string of the molecule is C=C(C)C(=O)OCCCC1(COC(=O)C(=C)C)c2ccccc2-c2ccc(-c3ccc4c5c(cccc35)-c3ccccc3-4)cc21. The smallest absolute Gasteiger partial charge is 0.333 e. The van der Waals surface area contributed by atoms with Crippen molar-refractivity contribution in [2.24, 2.45) is 0 Å². The molecule has 0 heterocycles. The lowest BCUT2D eigenvalue weighted by Crippen LogP contribution is -2.33. The van der Waals surface area contributed by atoms with Crippen LogP contribution in [-0.4, -0.2) is 25.2 Å². The molecule has 0 N–H and O–H groups in total. The van der Waals surface area contributed by atoms with Gasteiger partial charge in [0, 0.05) is 11.1 Å². The molecule has 0 amide bonds. The zero-order chi connectivity index (χ0) is 31.3. The molecule has 2 aliphatic carbocycles. The maximum absolute atomic E-state index is 12.8. The Balaban J connectivity index is 1.36. The summed E-state index contributed by atoms with van der Waals surface area (Å²) in [6.45, 7) is 11.2. The van der Waals surface area contributed by atoms with Crippen molar-refractivity contribution in [1.29, 1.82) is 0 Å². The van der Waals surface area contributed by atoms with Gasteiger partial charge in [0.05, 0.1) is 12.0 Å². The van der Waals surface area contributed by atoms with E-state index in [0.29, 0.717) is 24.0 Å². The molecule has 7 rings (SSSR count). The number of fused-ring (bicyclic) bond motifs is 6. The van der Waals surface area contributed by atoms with Gasteiger partial charge >= 0.3 is 11.9 Å². The highest BCUT2D eigenvalue weighted by molar-refractivity contribution is 6.18. The number of benzene rings is 5. The number of carbonyl (C=O) groups excluding carboxylic acids is 2. The quantitative estimate of drug-likeness (QED) is 0.0956. The van der Waals surface area contributed by atoms with E-state index in [2.05, 4.69) is 98.1 Å². The second-order valence-electron chi connectivity index (χ2n) is 12.2. The average molecular weight is 591 g/mol. The number of hydrogen-bond acceptors (Lipinski definition) is 4. The Hall–Kier alpha value is -5.22. The molecule has 0 spiro atoms. The van der Waals surface area contributed by atoms with Crippen LogP contribution >= 0.6 is 0 Å². The van der Waals surface area contributed by atoms with Crippen LogP contribution in [0.3, 0.4) is 0 Å². The van der Waals surface area contributed by atoms with Crippen LogP contribution in [0.25, 0.3) is 55.3 Å². The van der Waals surface area contributed by atoms with Crippen LogP contribution < -0.4 is 0 Å². The maximum Gasteiger partial charge on any atom is 0.333 e. The maximum atomic E-state index is 12.8. The van der Waals surface area contributed by atoms with Gasteiger partial charge < -0.3 is 9.47 Å². The lowest BCUT2D eigenvalue weighted by Gasteiger charge is -2.32. The minimum Gasteiger partial charge on any atom is -0.462 e. The monoisotopic (exact) mass is 590 g/mol. The summed E-state index contributed by atoms with van der Waals surface area (Å²) in [7, 11) is 0. The molecule has 0 saturated heterocycles. The zero-order valence-corrected chi connectivity index (χ0v) is 25.6. The summed E-state index contributed by atoms with van der Waals surface area (Å²) in [5, 5.41) is 2.49. The van der Waals surface area contributed by atoms with E-state index in [-0.39, 0.29) is 13.2 Å². The van der Waals surface area contributed by atoms with E-state index in [0.717, 1.165) is 33.4 Å². The van der Waals surface area contributed by atoms with E-state index in [4.69, 9.17) is 9.47 Å². The first-order valence-electron chi connectivity index (χ1n) is 15.4. The van der Waals surface area contributed by atoms with Gasteiger partial charge in [0.2, 0.25) is 0 Å². The zero-order valence-electron chi connectivity index (χ0n) is 25.6. The van der Waals surface area contributed by atoms with Gasteiger partial charge in [-0.05, 0) is 99.2 Å². The Morgan fingerprint density at radius 1 is 0.622 bits per heavy atom. The molecule has 0 fully saturated rings. The summed E-state index contributed by atoms with van der Waals surface area (Å²) in [6, 6.07) is 34.6. The first-order chi connectivity index (χ1) is 21.8. The van der Waals surface area contributed by atoms with E-state index >= 15 is 0 Å². The Morgan fingerprint density at radius 2 is 1.20 bits per heavy atom. The highest BCUT2D eigenvalue weighted by Gasteiger charge is 2.44. The van der Waals surface area contributed by atoms with Crippen molar-refractivity contribution in [2.45, 2.75) is 32.1 Å². The topological polar surface area (TPSA) is 52.6 Å². The molecule has 2 aliphatic rings. The molecule has 222 valence electrons. The third-order valence-electron chi connectivity index (χ3n) is 9.25. The largest absolute Gasteiger partial charge is 0.462 e. The molecule has 0 aliphatic heterocycles. The summed E-state index contributed by atoms with van der Waals surface area (Å²) in [4.78, 5) is 24.9. The van der Waals surface area contributed by atoms with Crippen LogP contribution in [0.5, 0.6) is 0 Å². The lowest BCUT2D eigenvalue weighted by atomic mass is 9.74. The third kappa shape index (κ3) is 4.60. The van der Waals surface area contributed by atoms with Gasteiger partial charge in [0.15, 0.2) is 0 Å². The van der Waals surface area contributed by atoms with Gasteiger partial charge in [-0.3, -0.25) is 0 Å². The van der Waals surface area contributed by atoms with Gasteiger partial charge in [0.25, 0.3) is 0 Å². The predicted molar refractivity (Wildman–Crippen MR) is 181 cm³/mol. The van der Waals surface area contributed by atoms with Crippen molar-refractivity contribution in [2.75, 3.05) is 13.2 Å². The Kier molecular flexibility index (Phi) is 7.01. The molecule has 1 atom stereocenters. The van der Waals surface area contributed by atoms with Gasteiger partial charge in [-0.25, -0.2) is 9.59 Å². The molecular formula is C41H34O4. The number of rotatable bonds is 9. The molecule has 5 aromatic rings. The van der Waals surface area contributed by atoms with Gasteiger partial charge in [-0.2, -0.15) is 0 Å². The van der Waals surface area contributed by atoms with Crippen LogP contribution in [-0.2, 0) is 24.5 Å². The van der Waals surface area contributed by atoms with E-state index < -0.39 is 17.4 Å². The van der Waals surface area contributed by atoms with Crippen molar-refractivity contribution < 1.29 is 19.1 Å². The molecule has 4 nitrogen and oxygen atoms in total. The first kappa shape index (κ1) is 28.5. The standard InChI is InChI=1S/C41H34O4/c1-25(2)39(42)44-22-10-21-41(24-45-40(43)26(3)4)36-16-8-7-13-31(36)32-18-17-27(23-37(32)41)28-19-20-35-30-12-6-5-11-29(30)34-15-9-14-33(28)38(34)35/h5-9,11-20,23H,1,3,10,21-22,24H2,2,4H3. The van der Waals surface area contributed by atoms with Crippen molar-refractivity contribution in [3.8, 4) is 44.5 Å². The van der Waals surface area contributed by atoms with Crippen LogP contribution in [0.4, 0.5) is 0 Å². The van der Waals surface area contributed by atoms with Crippen molar-refractivity contribution >= 4 is 22.7 Å². The van der Waals surface area contributed by atoms with E-state index in [1.54, 1.807) is 13.8 Å². The number of ether oxygens (including phenoxy) is 2. The fourth-order valence-electron chi connectivity index (χ4n) is 7.15. The third-order valence-corrected chi connectivity index (χ3v) is 9.25. The average Bonchev–Trinajstić information content (AvgIpc) is 3.53. The fourth-order valence-corrected chi connectivity index (χ4v) is 7.15. The molecule has 0 radical (unpaired) electrons. The summed E-state index contributed by atoms with van der Waals surface area (Å²) in [5.74, 6) is -0.821. The molecule has 0 bridgehead atoms. The molecule has 5 aromatic carbocycles. The van der Waals surface area contributed by atoms with Crippen LogP contribution in [0.1, 0.15) is 37.8 Å². The van der Waals surface area contributed by atoms with E-state index in [9.17, 15) is 9.59 Å². The summed E-state index contributed by atoms with van der Waals surface area (Å²) in [5.41, 5.74) is 11.9. The van der Waals surface area contributed by atoms with Crippen molar-refractivity contribution in [1.82, 2.24) is 0 Å². The van der Waals surface area contributed by atoms with Crippen LogP contribution in [0, 0.1) is 0 Å². The van der Waals surface area contributed by atoms with Crippen LogP contribution in [0.15, 0.2) is 121 Å². The number of carbonyl (C=O) groups is 2. The highest BCUT2D eigenvalue weighted by atomic mass is 16.5. The van der Waals surface area contributed by atoms with Gasteiger partial charge in [0.1, 0.15) is 6.61 Å². The first-order valence-corrected chi connectivity index (χ1v) is 15.4. The van der Waals surface area contributed by atoms with Crippen molar-refractivity contribution in [3.05, 3.63) is 132 Å². The minimum absolute atomic E-state index is 0.153. The fraction of sp³-hybridized carbons (Fsp3) is 0.171. The summed E-state index contributed by atoms with van der Waals surface area (Å²) < 4.78 is 11.4. The molecular weight excluding hydrogens is 556 g/mol. The second kappa shape index (κ2) is 11.0. The molecule has 0 saturated carbocycles. The molecule has 45 heavy (non-hydrogen) atoms. The summed E-state index contributed by atoms with van der Waals surface area (Å²) in [6.07, 6.45) is 1.20.